The van der Waals surface area contributed by atoms with E-state index in [-0.39, 0.29) is 10.8 Å². The number of likely N-dealkylation sites (N-methyl/N-ethyl adjacent to an activating group) is 2. The minimum absolute atomic E-state index is 0.0387. The van der Waals surface area contributed by atoms with Crippen molar-refractivity contribution in [2.75, 3.05) is 23.9 Å². The van der Waals surface area contributed by atoms with Crippen LogP contribution in [0.1, 0.15) is 58.1 Å². The molecule has 5 heteroatoms. The lowest BCUT2D eigenvalue weighted by molar-refractivity contribution is 0.429. The van der Waals surface area contributed by atoms with Gasteiger partial charge < -0.3 is 9.80 Å². The first-order valence-electron chi connectivity index (χ1n) is 16.9. The third kappa shape index (κ3) is 5.51. The second-order valence-electron chi connectivity index (χ2n) is 14.4. The fourth-order valence-electron chi connectivity index (χ4n) is 8.28. The van der Waals surface area contributed by atoms with Gasteiger partial charge in [0.2, 0.25) is 17.1 Å². The van der Waals surface area contributed by atoms with E-state index in [1.54, 1.807) is 0 Å². The molecule has 1 unspecified atom stereocenters. The zero-order valence-electron chi connectivity index (χ0n) is 28.8. The number of hydrogen-bond donors (Lipinski definition) is 0. The normalized spacial score (nSPS) is 21.8. The quantitative estimate of drug-likeness (QED) is 0.195. The van der Waals surface area contributed by atoms with Gasteiger partial charge in [-0.05, 0) is 72.9 Å². The van der Waals surface area contributed by atoms with Crippen molar-refractivity contribution >= 4 is 51.7 Å². The third-order valence-corrected chi connectivity index (χ3v) is 11.4. The molecular formula is C43H44Cl2N3+. The van der Waals surface area contributed by atoms with Crippen molar-refractivity contribution in [3.63, 3.8) is 0 Å². The molecule has 0 aromatic heterocycles. The summed E-state index contributed by atoms with van der Waals surface area (Å²) >= 11 is 13.0. The largest absolute Gasteiger partial charge is 0.370 e. The van der Waals surface area contributed by atoms with Crippen molar-refractivity contribution in [2.45, 2.75) is 63.8 Å². The number of anilines is 2. The maximum absolute atomic E-state index is 6.49. The maximum Gasteiger partial charge on any atom is 0.217 e. The minimum atomic E-state index is -0.168. The average Bonchev–Trinajstić information content (AvgIpc) is 3.61. The SMILES string of the molecule is CN1C(=CC=C2CCC(=CCC3N(C)c4ccc(Cl)cc4C3(C)C)C2=[N+](c2ccccc2)c2ccccc2)C(C)(C)c2cc(Cl)ccc21. The minimum Gasteiger partial charge on any atom is -0.370 e. The molecule has 7 rings (SSSR count). The van der Waals surface area contributed by atoms with E-state index >= 15 is 0 Å². The van der Waals surface area contributed by atoms with Crippen molar-refractivity contribution in [3.8, 4) is 0 Å². The smallest absolute Gasteiger partial charge is 0.217 e. The molecule has 1 saturated carbocycles. The van der Waals surface area contributed by atoms with Gasteiger partial charge >= 0.3 is 0 Å². The first-order chi connectivity index (χ1) is 23.0. The Labute approximate surface area is 296 Å². The Balaban J connectivity index is 1.36. The number of nitrogens with zero attached hydrogens (tertiary/aromatic N) is 3. The second-order valence-corrected chi connectivity index (χ2v) is 15.3. The standard InChI is InChI=1S/C43H44Cl2N3/c1-42(2)35-27-31(44)21-23-37(35)46(5)39(42)25-19-29-17-18-30(20-26-40-43(3,4)36-28-32(45)22-24-38(36)47(40)6)41(29)48(33-13-9-7-10-14-33)34-15-11-8-12-16-34/h7-16,19-25,27-28,40H,17-18,26H2,1-6H3/q+1. The summed E-state index contributed by atoms with van der Waals surface area (Å²) in [6.45, 7) is 9.31. The van der Waals surface area contributed by atoms with Crippen LogP contribution in [0.15, 0.2) is 132 Å². The highest BCUT2D eigenvalue weighted by atomic mass is 35.5. The highest BCUT2D eigenvalue weighted by Gasteiger charge is 2.43. The lowest BCUT2D eigenvalue weighted by Crippen LogP contribution is -2.39. The number of para-hydroxylation sites is 2. The summed E-state index contributed by atoms with van der Waals surface area (Å²) in [4.78, 5) is 4.77. The Kier molecular flexibility index (Phi) is 8.42. The van der Waals surface area contributed by atoms with Crippen LogP contribution in [0, 0.1) is 0 Å². The first-order valence-corrected chi connectivity index (χ1v) is 17.7. The topological polar surface area (TPSA) is 9.49 Å². The molecule has 4 aromatic carbocycles. The summed E-state index contributed by atoms with van der Waals surface area (Å²) in [5.41, 5.74) is 12.5. The molecule has 1 aliphatic carbocycles. The van der Waals surface area contributed by atoms with Gasteiger partial charge in [-0.15, -0.1) is 0 Å². The predicted octanol–water partition coefficient (Wildman–Crippen LogP) is 11.4. The summed E-state index contributed by atoms with van der Waals surface area (Å²) in [5.74, 6) is 0. The van der Waals surface area contributed by atoms with Crippen molar-refractivity contribution in [2.24, 2.45) is 0 Å². The van der Waals surface area contributed by atoms with Gasteiger partial charge in [-0.1, -0.05) is 99.4 Å². The van der Waals surface area contributed by atoms with Gasteiger partial charge in [-0.2, -0.15) is 4.58 Å². The molecule has 2 aliphatic heterocycles. The fraction of sp³-hybridized carbons (Fsp3) is 0.279. The predicted molar refractivity (Wildman–Crippen MR) is 207 cm³/mol. The molecule has 0 N–H and O–H groups in total. The second kappa shape index (κ2) is 12.4. The molecule has 0 saturated heterocycles. The van der Waals surface area contributed by atoms with Gasteiger partial charge in [0.1, 0.15) is 0 Å². The van der Waals surface area contributed by atoms with E-state index < -0.39 is 0 Å². The van der Waals surface area contributed by atoms with Crippen molar-refractivity contribution in [1.82, 2.24) is 4.58 Å². The molecule has 0 radical (unpaired) electrons. The van der Waals surface area contributed by atoms with E-state index in [2.05, 4.69) is 159 Å². The zero-order chi connectivity index (χ0) is 33.8. The van der Waals surface area contributed by atoms with Crippen molar-refractivity contribution in [3.05, 3.63) is 153 Å². The lowest BCUT2D eigenvalue weighted by atomic mass is 9.79. The van der Waals surface area contributed by atoms with Crippen LogP contribution >= 0.6 is 23.2 Å². The first kappa shape index (κ1) is 32.5. The summed E-state index contributed by atoms with van der Waals surface area (Å²) in [5, 5.41) is 1.58. The Morgan fingerprint density at radius 3 is 1.90 bits per heavy atom. The molecule has 0 bridgehead atoms. The Bertz CT molecular complexity index is 1960. The molecule has 1 atom stereocenters. The van der Waals surface area contributed by atoms with Crippen LogP contribution in [-0.2, 0) is 10.8 Å². The summed E-state index contributed by atoms with van der Waals surface area (Å²) in [6.07, 6.45) is 10.1. The van der Waals surface area contributed by atoms with Gasteiger partial charge in [-0.3, -0.25) is 0 Å². The zero-order valence-corrected chi connectivity index (χ0v) is 30.3. The van der Waals surface area contributed by atoms with Crippen LogP contribution in [0.2, 0.25) is 10.0 Å². The van der Waals surface area contributed by atoms with Crippen LogP contribution in [0.4, 0.5) is 22.7 Å². The molecule has 1 fully saturated rings. The Morgan fingerprint density at radius 1 is 0.708 bits per heavy atom. The molecule has 2 heterocycles. The number of fused-ring (bicyclic) bond motifs is 2. The van der Waals surface area contributed by atoms with Crippen molar-refractivity contribution < 1.29 is 0 Å². The highest BCUT2D eigenvalue weighted by molar-refractivity contribution is 6.31. The van der Waals surface area contributed by atoms with E-state index in [1.165, 1.54) is 45.1 Å². The van der Waals surface area contributed by atoms with Gasteiger partial charge in [0.25, 0.3) is 0 Å². The maximum atomic E-state index is 6.49. The summed E-state index contributed by atoms with van der Waals surface area (Å²) in [6, 6.07) is 34.5. The van der Waals surface area contributed by atoms with Gasteiger partial charge in [0.05, 0.1) is 0 Å². The fourth-order valence-corrected chi connectivity index (χ4v) is 8.62. The highest BCUT2D eigenvalue weighted by Crippen LogP contribution is 2.49. The van der Waals surface area contributed by atoms with E-state index in [9.17, 15) is 0 Å². The Morgan fingerprint density at radius 2 is 1.27 bits per heavy atom. The van der Waals surface area contributed by atoms with Crippen LogP contribution in [-0.4, -0.2) is 25.8 Å². The summed E-state index contributed by atoms with van der Waals surface area (Å²) in [7, 11) is 4.40. The van der Waals surface area contributed by atoms with Gasteiger partial charge in [-0.25, -0.2) is 0 Å². The lowest BCUT2D eigenvalue weighted by Gasteiger charge is -2.31. The molecule has 48 heavy (non-hydrogen) atoms. The molecule has 3 aliphatic rings. The van der Waals surface area contributed by atoms with Crippen LogP contribution in [0.3, 0.4) is 0 Å². The van der Waals surface area contributed by atoms with Crippen LogP contribution < -0.4 is 14.4 Å². The average molecular weight is 674 g/mol. The molecule has 0 spiro atoms. The van der Waals surface area contributed by atoms with E-state index in [0.717, 1.165) is 40.7 Å². The molecule has 4 aromatic rings. The molecule has 0 amide bonds. The number of allylic oxidation sites excluding steroid dienone is 5. The van der Waals surface area contributed by atoms with Gasteiger partial charge in [0.15, 0.2) is 0 Å². The van der Waals surface area contributed by atoms with E-state index in [0.29, 0.717) is 6.04 Å². The third-order valence-electron chi connectivity index (χ3n) is 10.9. The number of halogens is 2. The van der Waals surface area contributed by atoms with Crippen LogP contribution in [0.5, 0.6) is 0 Å². The molecule has 3 nitrogen and oxygen atoms in total. The molecular weight excluding hydrogens is 629 g/mol. The Hall–Kier alpha value is -4.05. The van der Waals surface area contributed by atoms with E-state index in [4.69, 9.17) is 23.2 Å². The summed E-state index contributed by atoms with van der Waals surface area (Å²) < 4.78 is 2.46. The number of benzene rings is 4. The van der Waals surface area contributed by atoms with E-state index in [1.807, 2.05) is 12.1 Å². The van der Waals surface area contributed by atoms with Gasteiger partial charge in [0, 0.05) is 93.5 Å². The molecule has 244 valence electrons. The monoisotopic (exact) mass is 672 g/mol. The number of rotatable bonds is 5. The van der Waals surface area contributed by atoms with Crippen LogP contribution in [0.25, 0.3) is 0 Å². The van der Waals surface area contributed by atoms with Crippen molar-refractivity contribution in [1.29, 1.82) is 0 Å². The number of hydrogen-bond acceptors (Lipinski definition) is 2.